The van der Waals surface area contributed by atoms with Crippen LogP contribution >= 0.6 is 0 Å². The largest absolute Gasteiger partial charge is 0.461 e. The number of esters is 1. The molecular weight excluding hydrogens is 284 g/mol. The molecule has 2 fully saturated rings. The fourth-order valence-corrected chi connectivity index (χ4v) is 4.30. The number of hydrogen-bond acceptors (Lipinski definition) is 2. The molecule has 2 nitrogen and oxygen atoms in total. The van der Waals surface area contributed by atoms with Crippen molar-refractivity contribution in [3.8, 4) is 0 Å². The van der Waals surface area contributed by atoms with Crippen molar-refractivity contribution in [1.82, 2.24) is 0 Å². The summed E-state index contributed by atoms with van der Waals surface area (Å²) < 4.78 is 5.98. The quantitative estimate of drug-likeness (QED) is 0.775. The standard InChI is InChI=1S/C21H22O2/c22-21(23-19-14-15-11-12-18(19)13-15)20(16-7-3-1-4-8-16)17-9-5-2-6-10-17/h1-10,15,18-20H,11-14H2/t15-,18+,19+/m1/s1. The number of fused-ring (bicyclic) bond motifs is 2. The summed E-state index contributed by atoms with van der Waals surface area (Å²) in [5.74, 6) is 0.956. The summed E-state index contributed by atoms with van der Waals surface area (Å²) in [6.45, 7) is 0. The van der Waals surface area contributed by atoms with E-state index >= 15 is 0 Å². The van der Waals surface area contributed by atoms with Gasteiger partial charge in [-0.05, 0) is 48.6 Å². The van der Waals surface area contributed by atoms with E-state index in [4.69, 9.17) is 4.74 Å². The van der Waals surface area contributed by atoms with Crippen molar-refractivity contribution in [3.05, 3.63) is 71.8 Å². The zero-order valence-electron chi connectivity index (χ0n) is 13.2. The third kappa shape index (κ3) is 2.90. The van der Waals surface area contributed by atoms with Gasteiger partial charge < -0.3 is 4.74 Å². The zero-order chi connectivity index (χ0) is 15.6. The van der Waals surface area contributed by atoms with Gasteiger partial charge in [0, 0.05) is 0 Å². The van der Waals surface area contributed by atoms with Gasteiger partial charge in [-0.25, -0.2) is 0 Å². The Morgan fingerprint density at radius 1 is 0.870 bits per heavy atom. The number of rotatable bonds is 4. The molecule has 2 aliphatic rings. The fourth-order valence-electron chi connectivity index (χ4n) is 4.30. The molecule has 2 saturated carbocycles. The van der Waals surface area contributed by atoms with E-state index in [9.17, 15) is 4.79 Å². The van der Waals surface area contributed by atoms with Crippen LogP contribution in [0.25, 0.3) is 0 Å². The maximum atomic E-state index is 13.0. The summed E-state index contributed by atoms with van der Waals surface area (Å²) in [7, 11) is 0. The Balaban J connectivity index is 1.59. The van der Waals surface area contributed by atoms with Gasteiger partial charge in [0.1, 0.15) is 12.0 Å². The van der Waals surface area contributed by atoms with Gasteiger partial charge >= 0.3 is 5.97 Å². The Hall–Kier alpha value is -2.09. The van der Waals surface area contributed by atoms with Crippen LogP contribution in [-0.4, -0.2) is 12.1 Å². The average Bonchev–Trinajstić information content (AvgIpc) is 3.20. The van der Waals surface area contributed by atoms with Crippen molar-refractivity contribution in [2.45, 2.75) is 37.7 Å². The van der Waals surface area contributed by atoms with Crippen LogP contribution in [0, 0.1) is 11.8 Å². The molecule has 23 heavy (non-hydrogen) atoms. The van der Waals surface area contributed by atoms with Crippen molar-refractivity contribution in [1.29, 1.82) is 0 Å². The predicted octanol–water partition coefficient (Wildman–Crippen LogP) is 4.55. The lowest BCUT2D eigenvalue weighted by molar-refractivity contribution is -0.152. The second-order valence-corrected chi connectivity index (χ2v) is 6.90. The second kappa shape index (κ2) is 6.19. The summed E-state index contributed by atoms with van der Waals surface area (Å²) in [4.78, 5) is 13.0. The molecule has 4 rings (SSSR count). The van der Waals surface area contributed by atoms with Crippen LogP contribution in [0.15, 0.2) is 60.7 Å². The van der Waals surface area contributed by atoms with Gasteiger partial charge in [-0.2, -0.15) is 0 Å². The molecule has 118 valence electrons. The highest BCUT2D eigenvalue weighted by atomic mass is 16.5. The lowest BCUT2D eigenvalue weighted by atomic mass is 9.91. The topological polar surface area (TPSA) is 26.3 Å². The van der Waals surface area contributed by atoms with Gasteiger partial charge in [0.25, 0.3) is 0 Å². The van der Waals surface area contributed by atoms with Gasteiger partial charge in [0.2, 0.25) is 0 Å². The van der Waals surface area contributed by atoms with Crippen LogP contribution in [0.5, 0.6) is 0 Å². The van der Waals surface area contributed by atoms with Crippen LogP contribution < -0.4 is 0 Å². The van der Waals surface area contributed by atoms with E-state index in [1.807, 2.05) is 60.7 Å². The molecule has 2 aromatic carbocycles. The number of carbonyl (C=O) groups is 1. The van der Waals surface area contributed by atoms with Crippen molar-refractivity contribution in [2.24, 2.45) is 11.8 Å². The Labute approximate surface area is 137 Å². The van der Waals surface area contributed by atoms with E-state index in [0.29, 0.717) is 5.92 Å². The fraction of sp³-hybridized carbons (Fsp3) is 0.381. The second-order valence-electron chi connectivity index (χ2n) is 6.90. The first-order valence-electron chi connectivity index (χ1n) is 8.61. The molecule has 0 spiro atoms. The molecule has 2 aliphatic carbocycles. The van der Waals surface area contributed by atoms with E-state index in [1.165, 1.54) is 19.3 Å². The van der Waals surface area contributed by atoms with Gasteiger partial charge in [0.15, 0.2) is 0 Å². The van der Waals surface area contributed by atoms with Crippen LogP contribution in [0.2, 0.25) is 0 Å². The van der Waals surface area contributed by atoms with Crippen LogP contribution in [0.4, 0.5) is 0 Å². The third-order valence-corrected chi connectivity index (χ3v) is 5.44. The normalized spacial score (nSPS) is 25.7. The highest BCUT2D eigenvalue weighted by molar-refractivity contribution is 5.82. The molecule has 3 atom stereocenters. The molecule has 0 saturated heterocycles. The molecule has 0 heterocycles. The lowest BCUT2D eigenvalue weighted by Gasteiger charge is -2.25. The van der Waals surface area contributed by atoms with Crippen LogP contribution in [0.1, 0.15) is 42.7 Å². The highest BCUT2D eigenvalue weighted by Gasteiger charge is 2.42. The highest BCUT2D eigenvalue weighted by Crippen LogP contribution is 2.46. The monoisotopic (exact) mass is 306 g/mol. The number of ether oxygens (including phenoxy) is 1. The molecule has 2 heteroatoms. The van der Waals surface area contributed by atoms with Crippen molar-refractivity contribution in [3.63, 3.8) is 0 Å². The Kier molecular flexibility index (Phi) is 3.90. The molecule has 0 aromatic heterocycles. The first-order chi connectivity index (χ1) is 11.3. The summed E-state index contributed by atoms with van der Waals surface area (Å²) in [5.41, 5.74) is 2.01. The van der Waals surface area contributed by atoms with E-state index < -0.39 is 0 Å². The molecule has 0 aliphatic heterocycles. The minimum atomic E-state index is -0.323. The molecule has 0 amide bonds. The van der Waals surface area contributed by atoms with E-state index in [2.05, 4.69) is 0 Å². The molecule has 2 aromatic rings. The first kappa shape index (κ1) is 14.5. The molecule has 0 N–H and O–H groups in total. The number of hydrogen-bond donors (Lipinski definition) is 0. The van der Waals surface area contributed by atoms with Crippen molar-refractivity contribution >= 4 is 5.97 Å². The summed E-state index contributed by atoms with van der Waals surface area (Å²) in [6.07, 6.45) is 4.99. The molecule has 2 bridgehead atoms. The Bertz CT molecular complexity index is 625. The SMILES string of the molecule is O=C(O[C@H]1C[C@@H]2CC[C@H]1C2)C(c1ccccc1)c1ccccc1. The van der Waals surface area contributed by atoms with E-state index in [1.54, 1.807) is 0 Å². The van der Waals surface area contributed by atoms with Crippen molar-refractivity contribution < 1.29 is 9.53 Å². The zero-order valence-corrected chi connectivity index (χ0v) is 13.2. The van der Waals surface area contributed by atoms with Crippen LogP contribution in [0.3, 0.4) is 0 Å². The van der Waals surface area contributed by atoms with Gasteiger partial charge in [0.05, 0.1) is 0 Å². The molecular formula is C21H22O2. The summed E-state index contributed by atoms with van der Waals surface area (Å²) in [5, 5.41) is 0. The number of benzene rings is 2. The molecule has 0 unspecified atom stereocenters. The summed E-state index contributed by atoms with van der Waals surface area (Å²) >= 11 is 0. The minimum absolute atomic E-state index is 0.0973. The smallest absolute Gasteiger partial charge is 0.318 e. The predicted molar refractivity (Wildman–Crippen MR) is 90.1 cm³/mol. The van der Waals surface area contributed by atoms with Crippen LogP contribution in [-0.2, 0) is 9.53 Å². The average molecular weight is 306 g/mol. The van der Waals surface area contributed by atoms with Gasteiger partial charge in [-0.3, -0.25) is 4.79 Å². The van der Waals surface area contributed by atoms with E-state index in [-0.39, 0.29) is 18.0 Å². The van der Waals surface area contributed by atoms with Crippen molar-refractivity contribution in [2.75, 3.05) is 0 Å². The lowest BCUT2D eigenvalue weighted by Crippen LogP contribution is -2.27. The van der Waals surface area contributed by atoms with Gasteiger partial charge in [-0.1, -0.05) is 60.7 Å². The third-order valence-electron chi connectivity index (χ3n) is 5.44. The first-order valence-corrected chi connectivity index (χ1v) is 8.61. The van der Waals surface area contributed by atoms with Gasteiger partial charge in [-0.15, -0.1) is 0 Å². The maximum absolute atomic E-state index is 13.0. The van der Waals surface area contributed by atoms with E-state index in [0.717, 1.165) is 23.5 Å². The number of carbonyl (C=O) groups excluding carboxylic acids is 1. The Morgan fingerprint density at radius 3 is 1.96 bits per heavy atom. The minimum Gasteiger partial charge on any atom is -0.461 e. The maximum Gasteiger partial charge on any atom is 0.318 e. The molecule has 0 radical (unpaired) electrons. The Morgan fingerprint density at radius 2 is 1.48 bits per heavy atom. The summed E-state index contributed by atoms with van der Waals surface area (Å²) in [6, 6.07) is 19.9.